The fourth-order valence-electron chi connectivity index (χ4n) is 3.20. The van der Waals surface area contributed by atoms with Crippen LogP contribution in [0.15, 0.2) is 48.8 Å². The third-order valence-corrected chi connectivity index (χ3v) is 4.17. The Labute approximate surface area is 121 Å². The van der Waals surface area contributed by atoms with E-state index in [0.717, 1.165) is 24.0 Å². The normalized spacial score (nSPS) is 12.8. The van der Waals surface area contributed by atoms with Gasteiger partial charge in [0.2, 0.25) is 0 Å². The Morgan fingerprint density at radius 3 is 2.67 bits per heavy atom. The van der Waals surface area contributed by atoms with Gasteiger partial charge in [-0.15, -0.1) is 0 Å². The van der Waals surface area contributed by atoms with Gasteiger partial charge in [0.15, 0.2) is 0 Å². The van der Waals surface area contributed by atoms with Crippen molar-refractivity contribution >= 4 is 16.7 Å². The van der Waals surface area contributed by atoms with Crippen molar-refractivity contribution in [3.63, 3.8) is 0 Å². The number of hydrogen-bond acceptors (Lipinski definition) is 2. The molecule has 3 aromatic rings. The summed E-state index contributed by atoms with van der Waals surface area (Å²) in [6.07, 6.45) is 5.28. The molecule has 0 spiro atoms. The summed E-state index contributed by atoms with van der Waals surface area (Å²) in [4.78, 5) is 15.2. The summed E-state index contributed by atoms with van der Waals surface area (Å²) in [7, 11) is 0. The second-order valence-corrected chi connectivity index (χ2v) is 5.38. The van der Waals surface area contributed by atoms with Crippen molar-refractivity contribution in [1.29, 1.82) is 0 Å². The summed E-state index contributed by atoms with van der Waals surface area (Å²) >= 11 is 0. The van der Waals surface area contributed by atoms with Gasteiger partial charge in [-0.1, -0.05) is 30.3 Å². The van der Waals surface area contributed by atoms with Crippen molar-refractivity contribution in [1.82, 2.24) is 4.98 Å². The molecule has 3 nitrogen and oxygen atoms in total. The number of rotatable bonds is 2. The van der Waals surface area contributed by atoms with Gasteiger partial charge >= 0.3 is 5.97 Å². The largest absolute Gasteiger partial charge is 0.478 e. The van der Waals surface area contributed by atoms with E-state index < -0.39 is 5.97 Å². The standard InChI is InChI=1S/C18H13NO2/c20-18(21)14-8-13(9-19-10-14)15-7-6-12-5-4-11-2-1-3-16(15)17(11)12/h1-3,6-10H,4-5H2,(H,20,21). The average molecular weight is 275 g/mol. The van der Waals surface area contributed by atoms with Crippen LogP contribution in [0.2, 0.25) is 0 Å². The molecule has 0 aliphatic heterocycles. The lowest BCUT2D eigenvalue weighted by Crippen LogP contribution is -1.97. The van der Waals surface area contributed by atoms with Gasteiger partial charge in [-0.05, 0) is 46.4 Å². The van der Waals surface area contributed by atoms with E-state index in [1.165, 1.54) is 28.1 Å². The van der Waals surface area contributed by atoms with Crippen LogP contribution < -0.4 is 0 Å². The molecule has 1 heterocycles. The Hall–Kier alpha value is -2.68. The van der Waals surface area contributed by atoms with E-state index >= 15 is 0 Å². The van der Waals surface area contributed by atoms with Crippen molar-refractivity contribution in [2.45, 2.75) is 12.8 Å². The number of benzene rings is 2. The molecule has 0 radical (unpaired) electrons. The van der Waals surface area contributed by atoms with Gasteiger partial charge in [0.1, 0.15) is 0 Å². The van der Waals surface area contributed by atoms with Crippen molar-refractivity contribution in [3.8, 4) is 11.1 Å². The van der Waals surface area contributed by atoms with E-state index in [9.17, 15) is 4.79 Å². The predicted molar refractivity (Wildman–Crippen MR) is 81.5 cm³/mol. The first-order chi connectivity index (χ1) is 10.2. The van der Waals surface area contributed by atoms with Crippen LogP contribution in [0.5, 0.6) is 0 Å². The van der Waals surface area contributed by atoms with Gasteiger partial charge in [0.25, 0.3) is 0 Å². The molecule has 102 valence electrons. The molecule has 3 heteroatoms. The van der Waals surface area contributed by atoms with E-state index in [1.54, 1.807) is 12.3 Å². The van der Waals surface area contributed by atoms with E-state index in [-0.39, 0.29) is 5.56 Å². The third kappa shape index (κ3) is 1.82. The number of carboxylic acids is 1. The molecule has 1 aliphatic rings. The number of pyridine rings is 1. The quantitative estimate of drug-likeness (QED) is 0.775. The SMILES string of the molecule is O=C(O)c1cncc(-c2ccc3c4c(cccc24)CC3)c1. The Morgan fingerprint density at radius 1 is 1.05 bits per heavy atom. The highest BCUT2D eigenvalue weighted by atomic mass is 16.4. The highest BCUT2D eigenvalue weighted by molar-refractivity contribution is 6.02. The van der Waals surface area contributed by atoms with Crippen LogP contribution in [0.25, 0.3) is 21.9 Å². The minimum absolute atomic E-state index is 0.218. The van der Waals surface area contributed by atoms with Gasteiger partial charge in [0.05, 0.1) is 5.56 Å². The maximum Gasteiger partial charge on any atom is 0.337 e. The molecule has 0 atom stereocenters. The van der Waals surface area contributed by atoms with Crippen molar-refractivity contribution in [2.24, 2.45) is 0 Å². The minimum atomic E-state index is -0.949. The molecule has 0 amide bonds. The maximum absolute atomic E-state index is 11.1. The maximum atomic E-state index is 11.1. The van der Waals surface area contributed by atoms with Gasteiger partial charge < -0.3 is 5.11 Å². The molecule has 0 saturated carbocycles. The minimum Gasteiger partial charge on any atom is -0.478 e. The summed E-state index contributed by atoms with van der Waals surface area (Å²) < 4.78 is 0. The summed E-state index contributed by atoms with van der Waals surface area (Å²) in [6, 6.07) is 12.3. The Bertz CT molecular complexity index is 873. The highest BCUT2D eigenvalue weighted by Crippen LogP contribution is 2.36. The zero-order valence-corrected chi connectivity index (χ0v) is 11.3. The number of nitrogens with zero attached hydrogens (tertiary/aromatic N) is 1. The van der Waals surface area contributed by atoms with Crippen LogP contribution >= 0.6 is 0 Å². The molecule has 1 N–H and O–H groups in total. The van der Waals surface area contributed by atoms with Crippen LogP contribution in [0, 0.1) is 0 Å². The first-order valence-electron chi connectivity index (χ1n) is 6.96. The molecule has 0 fully saturated rings. The smallest absolute Gasteiger partial charge is 0.337 e. The molecule has 21 heavy (non-hydrogen) atoms. The van der Waals surface area contributed by atoms with Gasteiger partial charge in [-0.2, -0.15) is 0 Å². The molecule has 0 saturated heterocycles. The van der Waals surface area contributed by atoms with Gasteiger partial charge in [-0.25, -0.2) is 4.79 Å². The number of aryl methyl sites for hydroxylation is 2. The van der Waals surface area contributed by atoms with Gasteiger partial charge in [-0.3, -0.25) is 4.98 Å². The molecule has 1 aliphatic carbocycles. The fraction of sp³-hybridized carbons (Fsp3) is 0.111. The van der Waals surface area contributed by atoms with Crippen LogP contribution in [0.4, 0.5) is 0 Å². The lowest BCUT2D eigenvalue weighted by atomic mass is 9.95. The molecule has 1 aromatic heterocycles. The van der Waals surface area contributed by atoms with E-state index in [4.69, 9.17) is 5.11 Å². The molecule has 4 rings (SSSR count). The second-order valence-electron chi connectivity index (χ2n) is 5.38. The van der Waals surface area contributed by atoms with E-state index in [1.807, 2.05) is 0 Å². The number of carboxylic acid groups (broad SMARTS) is 1. The van der Waals surface area contributed by atoms with Crippen molar-refractivity contribution < 1.29 is 9.90 Å². The second kappa shape index (κ2) is 4.42. The Kier molecular flexibility index (Phi) is 2.54. The lowest BCUT2D eigenvalue weighted by molar-refractivity contribution is 0.0696. The summed E-state index contributed by atoms with van der Waals surface area (Å²) in [5, 5.41) is 11.6. The monoisotopic (exact) mass is 275 g/mol. The summed E-state index contributed by atoms with van der Waals surface area (Å²) in [5.41, 5.74) is 4.88. The molecular formula is C18H13NO2. The lowest BCUT2D eigenvalue weighted by Gasteiger charge is -2.09. The third-order valence-electron chi connectivity index (χ3n) is 4.17. The highest BCUT2D eigenvalue weighted by Gasteiger charge is 2.17. The Morgan fingerprint density at radius 2 is 1.86 bits per heavy atom. The predicted octanol–water partition coefficient (Wildman–Crippen LogP) is 3.70. The van der Waals surface area contributed by atoms with Crippen molar-refractivity contribution in [2.75, 3.05) is 0 Å². The van der Waals surface area contributed by atoms with E-state index in [0.29, 0.717) is 0 Å². The molecule has 2 aromatic carbocycles. The number of aromatic carboxylic acids is 1. The van der Waals surface area contributed by atoms with Crippen LogP contribution in [0.3, 0.4) is 0 Å². The topological polar surface area (TPSA) is 50.2 Å². The van der Waals surface area contributed by atoms with Crippen LogP contribution in [-0.4, -0.2) is 16.1 Å². The summed E-state index contributed by atoms with van der Waals surface area (Å²) in [5.74, 6) is -0.949. The van der Waals surface area contributed by atoms with Crippen LogP contribution in [0.1, 0.15) is 21.5 Å². The van der Waals surface area contributed by atoms with Crippen molar-refractivity contribution in [3.05, 3.63) is 65.5 Å². The molecule has 0 bridgehead atoms. The number of carbonyl (C=O) groups is 1. The first kappa shape index (κ1) is 12.1. The van der Waals surface area contributed by atoms with Crippen LogP contribution in [-0.2, 0) is 12.8 Å². The fourth-order valence-corrected chi connectivity index (χ4v) is 3.20. The molecule has 0 unspecified atom stereocenters. The number of hydrogen-bond donors (Lipinski definition) is 1. The summed E-state index contributed by atoms with van der Waals surface area (Å²) in [6.45, 7) is 0. The molecular weight excluding hydrogens is 262 g/mol. The zero-order chi connectivity index (χ0) is 14.4. The Balaban J connectivity index is 2.00. The van der Waals surface area contributed by atoms with E-state index in [2.05, 4.69) is 35.3 Å². The number of aromatic nitrogens is 1. The first-order valence-corrected chi connectivity index (χ1v) is 6.96. The zero-order valence-electron chi connectivity index (χ0n) is 11.3. The average Bonchev–Trinajstić information content (AvgIpc) is 2.93. The van der Waals surface area contributed by atoms with Gasteiger partial charge in [0, 0.05) is 18.0 Å².